The third kappa shape index (κ3) is 1.97. The van der Waals surface area contributed by atoms with Gasteiger partial charge in [0.1, 0.15) is 6.10 Å². The second-order valence-electron chi connectivity index (χ2n) is 3.86. The molecule has 0 aliphatic carbocycles. The summed E-state index contributed by atoms with van der Waals surface area (Å²) in [5.41, 5.74) is 0.822. The highest BCUT2D eigenvalue weighted by molar-refractivity contribution is 6.34. The number of hydrogen-bond acceptors (Lipinski definition) is 2. The van der Waals surface area contributed by atoms with E-state index in [1.807, 2.05) is 6.92 Å². The Morgan fingerprint density at radius 1 is 1.25 bits per heavy atom. The van der Waals surface area contributed by atoms with Crippen molar-refractivity contribution in [2.75, 3.05) is 7.05 Å². The van der Waals surface area contributed by atoms with E-state index in [1.165, 1.54) is 0 Å². The Morgan fingerprint density at radius 2 is 1.81 bits per heavy atom. The Morgan fingerprint density at radius 3 is 2.25 bits per heavy atom. The number of rotatable bonds is 1. The Kier molecular flexibility index (Phi) is 3.00. The molecule has 0 bridgehead atoms. The maximum absolute atomic E-state index is 11.4. The highest BCUT2D eigenvalue weighted by atomic mass is 35.5. The topological polar surface area (TPSA) is 29.5 Å². The fourth-order valence-electron chi connectivity index (χ4n) is 1.75. The van der Waals surface area contributed by atoms with E-state index in [9.17, 15) is 4.79 Å². The average Bonchev–Trinajstić information content (AvgIpc) is 2.44. The van der Waals surface area contributed by atoms with Crippen molar-refractivity contribution < 1.29 is 9.53 Å². The number of carbonyl (C=O) groups excluding carboxylic acids is 1. The van der Waals surface area contributed by atoms with Crippen LogP contribution < -0.4 is 0 Å². The standard InChI is InChI=1S/C11H11Cl2NO2/c1-6-10(16-11(15)14(6)2)7-3-8(12)5-9(13)4-7/h3-6,10H,1-2H3/t6-,10-/m1/s1. The number of amides is 1. The van der Waals surface area contributed by atoms with E-state index in [1.54, 1.807) is 30.1 Å². The zero-order chi connectivity index (χ0) is 11.9. The van der Waals surface area contributed by atoms with Crippen LogP contribution in [0.2, 0.25) is 10.0 Å². The second-order valence-corrected chi connectivity index (χ2v) is 4.73. The molecule has 1 fully saturated rings. The molecule has 0 spiro atoms. The molecule has 1 saturated heterocycles. The molecular formula is C11H11Cl2NO2. The number of hydrogen-bond donors (Lipinski definition) is 0. The van der Waals surface area contributed by atoms with Gasteiger partial charge in [-0.25, -0.2) is 4.79 Å². The Labute approximate surface area is 104 Å². The molecule has 3 nitrogen and oxygen atoms in total. The predicted molar refractivity (Wildman–Crippen MR) is 62.9 cm³/mol. The molecule has 5 heteroatoms. The van der Waals surface area contributed by atoms with Crippen molar-refractivity contribution >= 4 is 29.3 Å². The normalized spacial score (nSPS) is 24.8. The van der Waals surface area contributed by atoms with Crippen molar-refractivity contribution in [2.24, 2.45) is 0 Å². The summed E-state index contributed by atoms with van der Waals surface area (Å²) >= 11 is 11.8. The molecule has 0 saturated carbocycles. The van der Waals surface area contributed by atoms with E-state index in [0.717, 1.165) is 5.56 Å². The minimum atomic E-state index is -0.325. The van der Waals surface area contributed by atoms with Crippen molar-refractivity contribution in [1.82, 2.24) is 4.90 Å². The lowest BCUT2D eigenvalue weighted by Gasteiger charge is -2.17. The highest BCUT2D eigenvalue weighted by Crippen LogP contribution is 2.33. The SMILES string of the molecule is C[C@@H]1[C@H](c2cc(Cl)cc(Cl)c2)OC(=O)N1C. The van der Waals surface area contributed by atoms with Gasteiger partial charge >= 0.3 is 6.09 Å². The Bertz CT molecular complexity index is 416. The zero-order valence-corrected chi connectivity index (χ0v) is 10.4. The molecule has 86 valence electrons. The van der Waals surface area contributed by atoms with Crippen molar-refractivity contribution in [3.63, 3.8) is 0 Å². The molecule has 1 aromatic carbocycles. The molecule has 0 aromatic heterocycles. The molecule has 1 heterocycles. The zero-order valence-electron chi connectivity index (χ0n) is 8.91. The maximum Gasteiger partial charge on any atom is 0.410 e. The highest BCUT2D eigenvalue weighted by Gasteiger charge is 2.37. The quantitative estimate of drug-likeness (QED) is 0.773. The largest absolute Gasteiger partial charge is 0.439 e. The van der Waals surface area contributed by atoms with Crippen LogP contribution in [-0.2, 0) is 4.74 Å². The van der Waals surface area contributed by atoms with Crippen molar-refractivity contribution in [2.45, 2.75) is 19.1 Å². The second kappa shape index (κ2) is 4.15. The van der Waals surface area contributed by atoms with Gasteiger partial charge in [-0.05, 0) is 30.7 Å². The maximum atomic E-state index is 11.4. The molecule has 16 heavy (non-hydrogen) atoms. The number of likely N-dealkylation sites (N-methyl/N-ethyl adjacent to an activating group) is 1. The van der Waals surface area contributed by atoms with Gasteiger partial charge in [0.2, 0.25) is 0 Å². The number of benzene rings is 1. The summed E-state index contributed by atoms with van der Waals surface area (Å²) < 4.78 is 5.25. The molecule has 2 rings (SSSR count). The minimum absolute atomic E-state index is 0.0259. The molecule has 1 aliphatic heterocycles. The molecule has 0 radical (unpaired) electrons. The lowest BCUT2D eigenvalue weighted by atomic mass is 10.0. The first kappa shape index (κ1) is 11.6. The van der Waals surface area contributed by atoms with Crippen LogP contribution >= 0.6 is 23.2 Å². The van der Waals surface area contributed by atoms with Gasteiger partial charge in [0.05, 0.1) is 6.04 Å². The molecule has 1 amide bonds. The summed E-state index contributed by atoms with van der Waals surface area (Å²) in [5.74, 6) is 0. The average molecular weight is 260 g/mol. The van der Waals surface area contributed by atoms with Gasteiger partial charge in [-0.3, -0.25) is 0 Å². The van der Waals surface area contributed by atoms with E-state index >= 15 is 0 Å². The van der Waals surface area contributed by atoms with E-state index in [2.05, 4.69) is 0 Å². The summed E-state index contributed by atoms with van der Waals surface area (Å²) in [6.45, 7) is 1.92. The molecular weight excluding hydrogens is 249 g/mol. The molecule has 1 aliphatic rings. The first-order valence-corrected chi connectivity index (χ1v) is 5.64. The number of carbonyl (C=O) groups is 1. The first-order valence-electron chi connectivity index (χ1n) is 4.88. The fourth-order valence-corrected chi connectivity index (χ4v) is 2.29. The van der Waals surface area contributed by atoms with E-state index in [0.29, 0.717) is 10.0 Å². The number of ether oxygens (including phenoxy) is 1. The third-order valence-corrected chi connectivity index (χ3v) is 3.21. The van der Waals surface area contributed by atoms with E-state index in [4.69, 9.17) is 27.9 Å². The van der Waals surface area contributed by atoms with E-state index < -0.39 is 0 Å². The Balaban J connectivity index is 2.35. The summed E-state index contributed by atoms with van der Waals surface area (Å²) in [6.07, 6.45) is -0.637. The van der Waals surface area contributed by atoms with Gasteiger partial charge in [0.15, 0.2) is 0 Å². The monoisotopic (exact) mass is 259 g/mol. The predicted octanol–water partition coefficient (Wildman–Crippen LogP) is 3.51. The summed E-state index contributed by atoms with van der Waals surface area (Å²) in [5, 5.41) is 1.08. The number of nitrogens with zero attached hydrogens (tertiary/aromatic N) is 1. The Hall–Kier alpha value is -0.930. The van der Waals surface area contributed by atoms with Crippen molar-refractivity contribution in [1.29, 1.82) is 0 Å². The van der Waals surface area contributed by atoms with Crippen molar-refractivity contribution in [3.05, 3.63) is 33.8 Å². The third-order valence-electron chi connectivity index (χ3n) is 2.78. The summed E-state index contributed by atoms with van der Waals surface area (Å²) in [4.78, 5) is 12.9. The van der Waals surface area contributed by atoms with Crippen LogP contribution in [0.5, 0.6) is 0 Å². The lowest BCUT2D eigenvalue weighted by Crippen LogP contribution is -2.27. The van der Waals surface area contributed by atoms with Crippen LogP contribution in [0.4, 0.5) is 4.79 Å². The lowest BCUT2D eigenvalue weighted by molar-refractivity contribution is 0.131. The fraction of sp³-hybridized carbons (Fsp3) is 0.364. The number of halogens is 2. The van der Waals surface area contributed by atoms with Crippen LogP contribution in [-0.4, -0.2) is 24.1 Å². The van der Waals surface area contributed by atoms with Crippen molar-refractivity contribution in [3.8, 4) is 0 Å². The van der Waals surface area contributed by atoms with Crippen LogP contribution in [0.15, 0.2) is 18.2 Å². The molecule has 0 N–H and O–H groups in total. The first-order chi connectivity index (χ1) is 7.49. The van der Waals surface area contributed by atoms with Crippen LogP contribution in [0.1, 0.15) is 18.6 Å². The summed E-state index contributed by atoms with van der Waals surface area (Å²) in [6, 6.07) is 5.15. The van der Waals surface area contributed by atoms with Gasteiger partial charge in [0.25, 0.3) is 0 Å². The van der Waals surface area contributed by atoms with Crippen LogP contribution in [0, 0.1) is 0 Å². The van der Waals surface area contributed by atoms with Gasteiger partial charge in [0, 0.05) is 17.1 Å². The van der Waals surface area contributed by atoms with Gasteiger partial charge < -0.3 is 9.64 Å². The molecule has 0 unspecified atom stereocenters. The van der Waals surface area contributed by atoms with Crippen LogP contribution in [0.25, 0.3) is 0 Å². The molecule has 2 atom stereocenters. The van der Waals surface area contributed by atoms with Gasteiger partial charge in [-0.1, -0.05) is 23.2 Å². The van der Waals surface area contributed by atoms with Gasteiger partial charge in [-0.2, -0.15) is 0 Å². The van der Waals surface area contributed by atoms with Crippen LogP contribution in [0.3, 0.4) is 0 Å². The molecule has 1 aromatic rings. The van der Waals surface area contributed by atoms with Gasteiger partial charge in [-0.15, -0.1) is 0 Å². The van der Waals surface area contributed by atoms with E-state index in [-0.39, 0.29) is 18.2 Å². The number of cyclic esters (lactones) is 1. The smallest absolute Gasteiger partial charge is 0.410 e. The minimum Gasteiger partial charge on any atom is -0.439 e. The summed E-state index contributed by atoms with van der Waals surface area (Å²) in [7, 11) is 1.71.